The Kier molecular flexibility index (Phi) is 5.33. The molecule has 0 fully saturated rings. The maximum absolute atomic E-state index is 5.75. The Hall–Kier alpha value is -1.88. The van der Waals surface area contributed by atoms with Crippen LogP contribution in [-0.4, -0.2) is 20.8 Å². The zero-order valence-electron chi connectivity index (χ0n) is 12.4. The number of rotatable bonds is 7. The first kappa shape index (κ1) is 15.5. The smallest absolute Gasteiger partial charge is 0.207 e. The van der Waals surface area contributed by atoms with Crippen molar-refractivity contribution in [3.05, 3.63) is 65.7 Å². The lowest BCUT2D eigenvalue weighted by Crippen LogP contribution is -2.38. The van der Waals surface area contributed by atoms with Gasteiger partial charge in [-0.2, -0.15) is 0 Å². The fourth-order valence-electron chi connectivity index (χ4n) is 2.15. The van der Waals surface area contributed by atoms with Gasteiger partial charge in [0.05, 0.1) is 6.54 Å². The molecule has 2 aromatic rings. The molecule has 0 spiro atoms. The van der Waals surface area contributed by atoms with Crippen LogP contribution in [0.25, 0.3) is 0 Å². The van der Waals surface area contributed by atoms with Crippen LogP contribution in [0.1, 0.15) is 11.1 Å². The Balaban J connectivity index is 2.05. The normalized spacial score (nSPS) is 11.4. The summed E-state index contributed by atoms with van der Waals surface area (Å²) in [5.74, 6) is -0.112. The molecular weight excluding hydrogens is 266 g/mol. The van der Waals surface area contributed by atoms with Crippen molar-refractivity contribution >= 4 is 0 Å². The SMILES string of the molecule is COC(CN)(OC)c1ccc(OCc2ccccc2)cc1. The van der Waals surface area contributed by atoms with Crippen LogP contribution in [0.2, 0.25) is 0 Å². The van der Waals surface area contributed by atoms with Gasteiger partial charge in [0.25, 0.3) is 0 Å². The Morgan fingerprint density at radius 3 is 2.05 bits per heavy atom. The molecule has 2 rings (SSSR count). The van der Waals surface area contributed by atoms with Crippen molar-refractivity contribution in [3.63, 3.8) is 0 Å². The molecule has 21 heavy (non-hydrogen) atoms. The van der Waals surface area contributed by atoms with Gasteiger partial charge in [0.1, 0.15) is 12.4 Å². The second-order valence-corrected chi connectivity index (χ2v) is 4.66. The first-order valence-electron chi connectivity index (χ1n) is 6.81. The third-order valence-electron chi connectivity index (χ3n) is 3.47. The van der Waals surface area contributed by atoms with Crippen molar-refractivity contribution in [1.82, 2.24) is 0 Å². The van der Waals surface area contributed by atoms with E-state index >= 15 is 0 Å². The van der Waals surface area contributed by atoms with E-state index in [1.54, 1.807) is 14.2 Å². The van der Waals surface area contributed by atoms with Gasteiger partial charge >= 0.3 is 0 Å². The average molecular weight is 287 g/mol. The highest BCUT2D eigenvalue weighted by molar-refractivity contribution is 5.30. The van der Waals surface area contributed by atoms with Crippen molar-refractivity contribution < 1.29 is 14.2 Å². The summed E-state index contributed by atoms with van der Waals surface area (Å²) >= 11 is 0. The van der Waals surface area contributed by atoms with Gasteiger partial charge in [-0.25, -0.2) is 0 Å². The Bertz CT molecular complexity index is 527. The maximum atomic E-state index is 5.75. The van der Waals surface area contributed by atoms with Crippen molar-refractivity contribution in [1.29, 1.82) is 0 Å². The summed E-state index contributed by atoms with van der Waals surface area (Å²) in [6, 6.07) is 17.6. The molecule has 0 aliphatic heterocycles. The molecule has 0 amide bonds. The highest BCUT2D eigenvalue weighted by atomic mass is 16.7. The molecule has 0 aliphatic rings. The zero-order chi connectivity index (χ0) is 15.1. The molecule has 0 aromatic heterocycles. The summed E-state index contributed by atoms with van der Waals surface area (Å²) in [6.45, 7) is 0.779. The van der Waals surface area contributed by atoms with Crippen molar-refractivity contribution in [3.8, 4) is 5.75 Å². The van der Waals surface area contributed by atoms with E-state index in [-0.39, 0.29) is 6.54 Å². The minimum absolute atomic E-state index is 0.240. The summed E-state index contributed by atoms with van der Waals surface area (Å²) in [5.41, 5.74) is 7.75. The van der Waals surface area contributed by atoms with Gasteiger partial charge in [-0.15, -0.1) is 0 Å². The highest BCUT2D eigenvalue weighted by Gasteiger charge is 2.30. The van der Waals surface area contributed by atoms with Gasteiger partial charge in [0.2, 0.25) is 5.79 Å². The standard InChI is InChI=1S/C17H21NO3/c1-19-17(13-18,20-2)15-8-10-16(11-9-15)21-12-14-6-4-3-5-7-14/h3-11H,12-13,18H2,1-2H3. The van der Waals surface area contributed by atoms with Crippen LogP contribution in [0.4, 0.5) is 0 Å². The van der Waals surface area contributed by atoms with Gasteiger partial charge < -0.3 is 19.9 Å². The highest BCUT2D eigenvalue weighted by Crippen LogP contribution is 2.26. The molecular formula is C17H21NO3. The van der Waals surface area contributed by atoms with Crippen LogP contribution in [0.3, 0.4) is 0 Å². The Labute approximate surface area is 125 Å². The molecule has 0 saturated carbocycles. The molecule has 2 aromatic carbocycles. The molecule has 0 heterocycles. The second-order valence-electron chi connectivity index (χ2n) is 4.66. The molecule has 0 unspecified atom stereocenters. The molecule has 0 radical (unpaired) electrons. The van der Waals surface area contributed by atoms with Gasteiger partial charge in [0, 0.05) is 19.8 Å². The van der Waals surface area contributed by atoms with E-state index < -0.39 is 5.79 Å². The lowest BCUT2D eigenvalue weighted by Gasteiger charge is -2.29. The quantitative estimate of drug-likeness (QED) is 0.795. The lowest BCUT2D eigenvalue weighted by molar-refractivity contribution is -0.207. The molecule has 0 atom stereocenters. The summed E-state index contributed by atoms with van der Waals surface area (Å²) < 4.78 is 16.6. The number of methoxy groups -OCH3 is 2. The molecule has 0 bridgehead atoms. The van der Waals surface area contributed by atoms with E-state index in [4.69, 9.17) is 19.9 Å². The van der Waals surface area contributed by atoms with Crippen LogP contribution in [0.15, 0.2) is 54.6 Å². The topological polar surface area (TPSA) is 53.7 Å². The third-order valence-corrected chi connectivity index (χ3v) is 3.47. The number of hydrogen-bond acceptors (Lipinski definition) is 4. The van der Waals surface area contributed by atoms with E-state index in [2.05, 4.69) is 0 Å². The molecule has 0 saturated heterocycles. The molecule has 4 nitrogen and oxygen atoms in total. The summed E-state index contributed by atoms with van der Waals surface area (Å²) in [7, 11) is 3.16. The average Bonchev–Trinajstić information content (AvgIpc) is 2.57. The predicted octanol–water partition coefficient (Wildman–Crippen LogP) is 2.67. The predicted molar refractivity (Wildman–Crippen MR) is 82.0 cm³/mol. The van der Waals surface area contributed by atoms with E-state index in [1.807, 2.05) is 54.6 Å². The minimum Gasteiger partial charge on any atom is -0.489 e. The van der Waals surface area contributed by atoms with Crippen LogP contribution < -0.4 is 10.5 Å². The number of benzene rings is 2. The number of ether oxygens (including phenoxy) is 3. The fourth-order valence-corrected chi connectivity index (χ4v) is 2.15. The van der Waals surface area contributed by atoms with E-state index in [0.717, 1.165) is 16.9 Å². The van der Waals surface area contributed by atoms with Gasteiger partial charge in [-0.05, 0) is 29.8 Å². The summed E-state index contributed by atoms with van der Waals surface area (Å²) in [6.07, 6.45) is 0. The van der Waals surface area contributed by atoms with Crippen molar-refractivity contribution in [2.75, 3.05) is 20.8 Å². The van der Waals surface area contributed by atoms with Crippen LogP contribution in [-0.2, 0) is 21.9 Å². The summed E-state index contributed by atoms with van der Waals surface area (Å²) in [4.78, 5) is 0. The zero-order valence-corrected chi connectivity index (χ0v) is 12.4. The molecule has 2 N–H and O–H groups in total. The van der Waals surface area contributed by atoms with E-state index in [1.165, 1.54) is 0 Å². The number of nitrogens with two attached hydrogens (primary N) is 1. The van der Waals surface area contributed by atoms with Gasteiger partial charge in [-0.1, -0.05) is 30.3 Å². The molecule has 112 valence electrons. The van der Waals surface area contributed by atoms with E-state index in [0.29, 0.717) is 6.61 Å². The first-order valence-corrected chi connectivity index (χ1v) is 6.81. The lowest BCUT2D eigenvalue weighted by atomic mass is 10.1. The van der Waals surface area contributed by atoms with Crippen LogP contribution in [0, 0.1) is 0 Å². The Morgan fingerprint density at radius 1 is 0.905 bits per heavy atom. The van der Waals surface area contributed by atoms with Crippen LogP contribution in [0.5, 0.6) is 5.75 Å². The molecule has 4 heteroatoms. The van der Waals surface area contributed by atoms with Gasteiger partial charge in [-0.3, -0.25) is 0 Å². The Morgan fingerprint density at radius 2 is 1.52 bits per heavy atom. The van der Waals surface area contributed by atoms with Crippen molar-refractivity contribution in [2.24, 2.45) is 5.73 Å². The van der Waals surface area contributed by atoms with Gasteiger partial charge in [0.15, 0.2) is 0 Å². The summed E-state index contributed by atoms with van der Waals surface area (Å²) in [5, 5.41) is 0. The van der Waals surface area contributed by atoms with Crippen LogP contribution >= 0.6 is 0 Å². The van der Waals surface area contributed by atoms with E-state index in [9.17, 15) is 0 Å². The molecule has 0 aliphatic carbocycles. The maximum Gasteiger partial charge on any atom is 0.207 e. The second kappa shape index (κ2) is 7.22. The number of hydrogen-bond donors (Lipinski definition) is 1. The van der Waals surface area contributed by atoms with Crippen molar-refractivity contribution in [2.45, 2.75) is 12.4 Å². The minimum atomic E-state index is -0.905. The third kappa shape index (κ3) is 3.61. The monoisotopic (exact) mass is 287 g/mol. The fraction of sp³-hybridized carbons (Fsp3) is 0.294. The first-order chi connectivity index (χ1) is 10.2. The largest absolute Gasteiger partial charge is 0.489 e.